The highest BCUT2D eigenvalue weighted by Gasteiger charge is 2.31. The number of carbonyl (C=O) groups is 2. The van der Waals surface area contributed by atoms with Gasteiger partial charge in [0, 0.05) is 12.1 Å². The van der Waals surface area contributed by atoms with Crippen molar-refractivity contribution in [2.75, 3.05) is 0 Å². The first-order valence-corrected chi connectivity index (χ1v) is 9.63. The smallest absolute Gasteiger partial charge is 0.253 e. The average molecular weight is 382 g/mol. The molecule has 1 aliphatic carbocycles. The van der Waals surface area contributed by atoms with Gasteiger partial charge in [0.1, 0.15) is 0 Å². The number of aliphatic hydroxyl groups is 2. The Morgan fingerprint density at radius 2 is 1.07 bits per heavy atom. The molecule has 2 amide bonds. The molecule has 6 nitrogen and oxygen atoms in total. The summed E-state index contributed by atoms with van der Waals surface area (Å²) in [5, 5.41) is 26.3. The van der Waals surface area contributed by atoms with E-state index in [2.05, 4.69) is 10.6 Å². The van der Waals surface area contributed by atoms with E-state index in [1.165, 1.54) is 0 Å². The van der Waals surface area contributed by atoms with E-state index >= 15 is 0 Å². The van der Waals surface area contributed by atoms with Crippen LogP contribution in [0.3, 0.4) is 0 Å². The van der Waals surface area contributed by atoms with Gasteiger partial charge < -0.3 is 20.8 Å². The maximum absolute atomic E-state index is 12.5. The largest absolute Gasteiger partial charge is 0.378 e. The van der Waals surface area contributed by atoms with Crippen molar-refractivity contribution in [2.24, 2.45) is 0 Å². The Hall–Kier alpha value is -2.70. The first-order chi connectivity index (χ1) is 13.6. The van der Waals surface area contributed by atoms with E-state index in [-0.39, 0.29) is 12.1 Å². The van der Waals surface area contributed by atoms with Gasteiger partial charge >= 0.3 is 0 Å². The molecule has 0 spiro atoms. The van der Waals surface area contributed by atoms with Crippen LogP contribution in [0.15, 0.2) is 60.7 Å². The Kier molecular flexibility index (Phi) is 6.79. The second-order valence-electron chi connectivity index (χ2n) is 7.14. The van der Waals surface area contributed by atoms with Crippen LogP contribution in [0.1, 0.15) is 49.0 Å². The van der Waals surface area contributed by atoms with Crippen LogP contribution in [0.5, 0.6) is 0 Å². The predicted molar refractivity (Wildman–Crippen MR) is 105 cm³/mol. The molecule has 0 bridgehead atoms. The van der Waals surface area contributed by atoms with Crippen LogP contribution >= 0.6 is 0 Å². The summed E-state index contributed by atoms with van der Waals surface area (Å²) in [5.41, 5.74) is 1.05. The summed E-state index contributed by atoms with van der Waals surface area (Å²) in [4.78, 5) is 25.0. The Labute approximate surface area is 164 Å². The molecule has 2 aromatic carbocycles. The number of benzene rings is 2. The number of hydrogen-bond donors (Lipinski definition) is 4. The van der Waals surface area contributed by atoms with Crippen molar-refractivity contribution < 1.29 is 19.8 Å². The highest BCUT2D eigenvalue weighted by molar-refractivity contribution is 5.83. The summed E-state index contributed by atoms with van der Waals surface area (Å²) >= 11 is 0. The zero-order valence-corrected chi connectivity index (χ0v) is 15.6. The lowest BCUT2D eigenvalue weighted by atomic mass is 9.89. The SMILES string of the molecule is O=C(N[C@@H]1CCCC[C@H]1NC(=O)[C@H](O)c1ccccc1)[C@H](O)c1ccccc1. The highest BCUT2D eigenvalue weighted by Crippen LogP contribution is 2.22. The zero-order chi connectivity index (χ0) is 19.9. The maximum atomic E-state index is 12.5. The lowest BCUT2D eigenvalue weighted by Crippen LogP contribution is -2.54. The third-order valence-corrected chi connectivity index (χ3v) is 5.15. The van der Waals surface area contributed by atoms with Crippen molar-refractivity contribution in [1.29, 1.82) is 0 Å². The molecule has 0 saturated heterocycles. The fourth-order valence-corrected chi connectivity index (χ4v) is 3.57. The van der Waals surface area contributed by atoms with E-state index in [0.29, 0.717) is 24.0 Å². The predicted octanol–water partition coefficient (Wildman–Crippen LogP) is 2.00. The van der Waals surface area contributed by atoms with Crippen LogP contribution in [0.25, 0.3) is 0 Å². The number of rotatable bonds is 6. The van der Waals surface area contributed by atoms with Crippen molar-refractivity contribution in [3.8, 4) is 0 Å². The zero-order valence-electron chi connectivity index (χ0n) is 15.6. The lowest BCUT2D eigenvalue weighted by molar-refractivity contribution is -0.133. The molecule has 4 atom stereocenters. The normalized spacial score (nSPS) is 21.4. The molecule has 6 heteroatoms. The quantitative estimate of drug-likeness (QED) is 0.614. The second kappa shape index (κ2) is 9.48. The van der Waals surface area contributed by atoms with Crippen LogP contribution < -0.4 is 10.6 Å². The second-order valence-corrected chi connectivity index (χ2v) is 7.14. The highest BCUT2D eigenvalue weighted by atomic mass is 16.3. The molecule has 3 rings (SSSR count). The topological polar surface area (TPSA) is 98.7 Å². The van der Waals surface area contributed by atoms with Gasteiger partial charge in [-0.2, -0.15) is 0 Å². The van der Waals surface area contributed by atoms with Crippen molar-refractivity contribution >= 4 is 11.8 Å². The maximum Gasteiger partial charge on any atom is 0.253 e. The number of hydrogen-bond acceptors (Lipinski definition) is 4. The minimum absolute atomic E-state index is 0.286. The molecule has 28 heavy (non-hydrogen) atoms. The van der Waals surface area contributed by atoms with Crippen molar-refractivity contribution in [2.45, 2.75) is 50.0 Å². The summed E-state index contributed by atoms with van der Waals surface area (Å²) in [5.74, 6) is -0.970. The Morgan fingerprint density at radius 3 is 1.43 bits per heavy atom. The molecule has 4 N–H and O–H groups in total. The molecule has 148 valence electrons. The van der Waals surface area contributed by atoms with Gasteiger partial charge in [0.15, 0.2) is 12.2 Å². The summed E-state index contributed by atoms with van der Waals surface area (Å²) in [6.07, 6.45) is 0.767. The van der Waals surface area contributed by atoms with Gasteiger partial charge in [-0.05, 0) is 24.0 Å². The van der Waals surface area contributed by atoms with E-state index in [1.54, 1.807) is 48.5 Å². The van der Waals surface area contributed by atoms with Crippen LogP contribution in [0.2, 0.25) is 0 Å². The fraction of sp³-hybridized carbons (Fsp3) is 0.364. The average Bonchev–Trinajstić information content (AvgIpc) is 2.75. The van der Waals surface area contributed by atoms with E-state index in [1.807, 2.05) is 12.1 Å². The summed E-state index contributed by atoms with van der Waals surface area (Å²) in [7, 11) is 0. The minimum atomic E-state index is -1.26. The summed E-state index contributed by atoms with van der Waals surface area (Å²) in [6.45, 7) is 0. The van der Waals surface area contributed by atoms with Gasteiger partial charge in [-0.25, -0.2) is 0 Å². The van der Waals surface area contributed by atoms with Gasteiger partial charge in [-0.1, -0.05) is 73.5 Å². The van der Waals surface area contributed by atoms with Gasteiger partial charge in [-0.15, -0.1) is 0 Å². The Balaban J connectivity index is 1.62. The van der Waals surface area contributed by atoms with Gasteiger partial charge in [-0.3, -0.25) is 9.59 Å². The van der Waals surface area contributed by atoms with Gasteiger partial charge in [0.05, 0.1) is 0 Å². The Bertz CT molecular complexity index is 714. The lowest BCUT2D eigenvalue weighted by Gasteiger charge is -2.34. The number of aliphatic hydroxyl groups excluding tert-OH is 2. The van der Waals surface area contributed by atoms with Crippen molar-refractivity contribution in [3.63, 3.8) is 0 Å². The monoisotopic (exact) mass is 382 g/mol. The molecule has 1 saturated carbocycles. The molecule has 0 unspecified atom stereocenters. The van der Waals surface area contributed by atoms with Crippen LogP contribution in [-0.2, 0) is 9.59 Å². The minimum Gasteiger partial charge on any atom is -0.378 e. The van der Waals surface area contributed by atoms with Crippen molar-refractivity contribution in [3.05, 3.63) is 71.8 Å². The Morgan fingerprint density at radius 1 is 0.714 bits per heavy atom. The van der Waals surface area contributed by atoms with E-state index in [9.17, 15) is 19.8 Å². The first-order valence-electron chi connectivity index (χ1n) is 9.63. The summed E-state index contributed by atoms with van der Waals surface area (Å²) < 4.78 is 0. The molecule has 0 aliphatic heterocycles. The van der Waals surface area contributed by atoms with E-state index < -0.39 is 24.0 Å². The third kappa shape index (κ3) is 4.97. The fourth-order valence-electron chi connectivity index (χ4n) is 3.57. The first kappa shape index (κ1) is 20.0. The molecule has 0 heterocycles. The number of carbonyl (C=O) groups excluding carboxylic acids is 2. The number of amides is 2. The van der Waals surface area contributed by atoms with Crippen molar-refractivity contribution in [1.82, 2.24) is 10.6 Å². The molecular weight excluding hydrogens is 356 g/mol. The third-order valence-electron chi connectivity index (χ3n) is 5.15. The van der Waals surface area contributed by atoms with Crippen LogP contribution in [0, 0.1) is 0 Å². The summed E-state index contributed by atoms with van der Waals surface area (Å²) in [6, 6.07) is 16.9. The van der Waals surface area contributed by atoms with Gasteiger partial charge in [0.2, 0.25) is 0 Å². The standard InChI is InChI=1S/C22H26N2O4/c25-19(15-9-3-1-4-10-15)21(27)23-17-13-7-8-14-18(17)24-22(28)20(26)16-11-5-2-6-12-16/h1-6,9-12,17-20,25-26H,7-8,13-14H2,(H,23,27)(H,24,28)/t17-,18-,19-,20-/m1/s1. The van der Waals surface area contributed by atoms with Gasteiger partial charge in [0.25, 0.3) is 11.8 Å². The molecule has 1 fully saturated rings. The van der Waals surface area contributed by atoms with E-state index in [0.717, 1.165) is 12.8 Å². The van der Waals surface area contributed by atoms with Crippen LogP contribution in [-0.4, -0.2) is 34.1 Å². The molecular formula is C22H26N2O4. The van der Waals surface area contributed by atoms with E-state index in [4.69, 9.17) is 0 Å². The molecule has 2 aromatic rings. The molecule has 0 radical (unpaired) electrons. The number of nitrogens with one attached hydrogen (secondary N) is 2. The molecule has 0 aromatic heterocycles. The van der Waals surface area contributed by atoms with Crippen LogP contribution in [0.4, 0.5) is 0 Å². The molecule has 1 aliphatic rings.